The first-order chi connectivity index (χ1) is 13.7. The summed E-state index contributed by atoms with van der Waals surface area (Å²) < 4.78 is 2.01. The maximum Gasteiger partial charge on any atom is 0.291 e. The highest BCUT2D eigenvalue weighted by atomic mass is 16.2. The van der Waals surface area contributed by atoms with Crippen LogP contribution in [0, 0.1) is 5.41 Å². The molecule has 2 heterocycles. The summed E-state index contributed by atoms with van der Waals surface area (Å²) in [6.45, 7) is 8.15. The van der Waals surface area contributed by atoms with Gasteiger partial charge in [0.25, 0.3) is 5.91 Å². The Morgan fingerprint density at radius 3 is 2.66 bits per heavy atom. The third-order valence-corrected chi connectivity index (χ3v) is 5.08. The van der Waals surface area contributed by atoms with Crippen molar-refractivity contribution < 1.29 is 9.59 Å². The van der Waals surface area contributed by atoms with Crippen molar-refractivity contribution in [2.75, 3.05) is 33.7 Å². The van der Waals surface area contributed by atoms with Crippen molar-refractivity contribution in [2.45, 2.75) is 33.7 Å². The molecule has 0 fully saturated rings. The van der Waals surface area contributed by atoms with Gasteiger partial charge in [0.2, 0.25) is 5.91 Å². The third kappa shape index (κ3) is 4.85. The molecule has 3 rings (SSSR count). The average Bonchev–Trinajstić information content (AvgIpc) is 2.94. The van der Waals surface area contributed by atoms with Crippen LogP contribution in [-0.4, -0.2) is 65.7 Å². The molecule has 7 nitrogen and oxygen atoms in total. The Labute approximate surface area is 172 Å². The number of amides is 2. The minimum absolute atomic E-state index is 0.0814. The SMILES string of the molecule is CN(C)CCCNC(=O)CN1N=C(C(C)(C)C)Cn2c(cc3ccccc32)C1=O. The molecule has 1 aliphatic rings. The van der Waals surface area contributed by atoms with Crippen LogP contribution in [0.25, 0.3) is 10.9 Å². The summed E-state index contributed by atoms with van der Waals surface area (Å²) >= 11 is 0. The van der Waals surface area contributed by atoms with Crippen LogP contribution in [0.15, 0.2) is 35.4 Å². The first-order valence-corrected chi connectivity index (χ1v) is 10.1. The van der Waals surface area contributed by atoms with Crippen LogP contribution in [0.1, 0.15) is 37.7 Å². The molecular weight excluding hydrogens is 366 g/mol. The van der Waals surface area contributed by atoms with Gasteiger partial charge in [0.1, 0.15) is 12.2 Å². The summed E-state index contributed by atoms with van der Waals surface area (Å²) in [5.74, 6) is -0.442. The van der Waals surface area contributed by atoms with Crippen LogP contribution in [0.5, 0.6) is 0 Å². The van der Waals surface area contributed by atoms with E-state index >= 15 is 0 Å². The second-order valence-corrected chi connectivity index (χ2v) is 8.84. The molecule has 1 N–H and O–H groups in total. The molecule has 7 heteroatoms. The molecule has 1 aromatic carbocycles. The lowest BCUT2D eigenvalue weighted by atomic mass is 9.90. The van der Waals surface area contributed by atoms with E-state index in [1.807, 2.05) is 49.0 Å². The van der Waals surface area contributed by atoms with Crippen molar-refractivity contribution in [1.29, 1.82) is 0 Å². The molecule has 0 bridgehead atoms. The molecule has 0 unspecified atom stereocenters. The molecule has 0 saturated carbocycles. The van der Waals surface area contributed by atoms with E-state index in [4.69, 9.17) is 0 Å². The fourth-order valence-corrected chi connectivity index (χ4v) is 3.37. The summed E-state index contributed by atoms with van der Waals surface area (Å²) in [6.07, 6.45) is 0.859. The van der Waals surface area contributed by atoms with Crippen molar-refractivity contribution >= 4 is 28.4 Å². The summed E-state index contributed by atoms with van der Waals surface area (Å²) in [4.78, 5) is 27.8. The van der Waals surface area contributed by atoms with Crippen molar-refractivity contribution in [2.24, 2.45) is 10.5 Å². The number of carbonyl (C=O) groups is 2. The first-order valence-electron chi connectivity index (χ1n) is 10.1. The first kappa shape index (κ1) is 21.0. The predicted octanol–water partition coefficient (Wildman–Crippen LogP) is 2.57. The van der Waals surface area contributed by atoms with E-state index in [0.29, 0.717) is 18.8 Å². The molecular formula is C22H31N5O2. The number of aromatic nitrogens is 1. The van der Waals surface area contributed by atoms with E-state index in [2.05, 4.69) is 36.1 Å². The van der Waals surface area contributed by atoms with Crippen LogP contribution in [-0.2, 0) is 11.3 Å². The van der Waals surface area contributed by atoms with Crippen LogP contribution in [0.4, 0.5) is 0 Å². The number of nitrogens with one attached hydrogen (secondary N) is 1. The highest BCUT2D eigenvalue weighted by Crippen LogP contribution is 2.27. The number of carbonyl (C=O) groups excluding carboxylic acids is 2. The van der Waals surface area contributed by atoms with E-state index in [9.17, 15) is 9.59 Å². The molecule has 1 aliphatic heterocycles. The zero-order valence-corrected chi connectivity index (χ0v) is 18.0. The molecule has 156 valence electrons. The number of rotatable bonds is 6. The lowest BCUT2D eigenvalue weighted by molar-refractivity contribution is -0.121. The number of hydrogen-bond donors (Lipinski definition) is 1. The van der Waals surface area contributed by atoms with Crippen molar-refractivity contribution in [3.05, 3.63) is 36.0 Å². The second kappa shape index (κ2) is 8.37. The van der Waals surface area contributed by atoms with Gasteiger partial charge in [-0.25, -0.2) is 5.01 Å². The van der Waals surface area contributed by atoms with E-state index < -0.39 is 0 Å². The summed E-state index contributed by atoms with van der Waals surface area (Å²) in [6, 6.07) is 9.84. The number of nitrogens with zero attached hydrogens (tertiary/aromatic N) is 4. The average molecular weight is 398 g/mol. The fraction of sp³-hybridized carbons (Fsp3) is 0.500. The largest absolute Gasteiger partial charge is 0.354 e. The lowest BCUT2D eigenvalue weighted by Gasteiger charge is -2.23. The highest BCUT2D eigenvalue weighted by molar-refractivity contribution is 6.03. The number of fused-ring (bicyclic) bond motifs is 3. The Hall–Kier alpha value is -2.67. The van der Waals surface area contributed by atoms with Crippen molar-refractivity contribution in [1.82, 2.24) is 19.8 Å². The molecule has 0 atom stereocenters. The number of hydrogen-bond acceptors (Lipinski definition) is 4. The third-order valence-electron chi connectivity index (χ3n) is 5.08. The minimum Gasteiger partial charge on any atom is -0.354 e. The maximum atomic E-state index is 13.2. The van der Waals surface area contributed by atoms with Gasteiger partial charge in [-0.1, -0.05) is 39.0 Å². The Kier molecular flexibility index (Phi) is 6.07. The standard InChI is InChI=1S/C22H31N5O2/c1-22(2,3)19-14-26-17-10-7-6-9-16(17)13-18(26)21(29)27(24-19)15-20(28)23-11-8-12-25(4)5/h6-7,9-10,13H,8,11-12,14-15H2,1-5H3,(H,23,28). The van der Waals surface area contributed by atoms with Crippen molar-refractivity contribution in [3.8, 4) is 0 Å². The molecule has 0 aliphatic carbocycles. The van der Waals surface area contributed by atoms with Gasteiger partial charge in [0.05, 0.1) is 12.3 Å². The molecule has 0 spiro atoms. The molecule has 0 saturated heterocycles. The highest BCUT2D eigenvalue weighted by Gasteiger charge is 2.31. The summed E-state index contributed by atoms with van der Waals surface area (Å²) in [5.41, 5.74) is 2.21. The lowest BCUT2D eigenvalue weighted by Crippen LogP contribution is -2.39. The molecule has 1 aromatic heterocycles. The van der Waals surface area contributed by atoms with Crippen molar-refractivity contribution in [3.63, 3.8) is 0 Å². The van der Waals surface area contributed by atoms with Gasteiger partial charge in [-0.2, -0.15) is 5.10 Å². The van der Waals surface area contributed by atoms with Gasteiger partial charge in [0.15, 0.2) is 0 Å². The Morgan fingerprint density at radius 2 is 1.97 bits per heavy atom. The van der Waals surface area contributed by atoms with E-state index in [1.165, 1.54) is 5.01 Å². The quantitative estimate of drug-likeness (QED) is 0.762. The number of para-hydroxylation sites is 1. The van der Waals surface area contributed by atoms with E-state index in [-0.39, 0.29) is 23.8 Å². The maximum absolute atomic E-state index is 13.2. The topological polar surface area (TPSA) is 69.9 Å². The van der Waals surface area contributed by atoms with Gasteiger partial charge in [0, 0.05) is 22.9 Å². The van der Waals surface area contributed by atoms with Gasteiger partial charge >= 0.3 is 0 Å². The second-order valence-electron chi connectivity index (χ2n) is 8.84. The van der Waals surface area contributed by atoms with E-state index in [0.717, 1.165) is 29.6 Å². The van der Waals surface area contributed by atoms with Crippen LogP contribution in [0.3, 0.4) is 0 Å². The zero-order chi connectivity index (χ0) is 21.2. The molecule has 29 heavy (non-hydrogen) atoms. The van der Waals surface area contributed by atoms with Gasteiger partial charge in [-0.3, -0.25) is 9.59 Å². The minimum atomic E-state index is -0.246. The normalized spacial score (nSPS) is 14.8. The monoisotopic (exact) mass is 397 g/mol. The van der Waals surface area contributed by atoms with Crippen LogP contribution < -0.4 is 5.32 Å². The van der Waals surface area contributed by atoms with Gasteiger partial charge < -0.3 is 14.8 Å². The fourth-order valence-electron chi connectivity index (χ4n) is 3.37. The van der Waals surface area contributed by atoms with Crippen LogP contribution >= 0.6 is 0 Å². The number of hydrazone groups is 1. The smallest absolute Gasteiger partial charge is 0.291 e. The predicted molar refractivity (Wildman–Crippen MR) is 116 cm³/mol. The van der Waals surface area contributed by atoms with E-state index in [1.54, 1.807) is 0 Å². The number of benzene rings is 1. The molecule has 0 radical (unpaired) electrons. The zero-order valence-electron chi connectivity index (χ0n) is 18.0. The van der Waals surface area contributed by atoms with Crippen LogP contribution in [0.2, 0.25) is 0 Å². The molecule has 2 amide bonds. The Morgan fingerprint density at radius 1 is 1.24 bits per heavy atom. The Balaban J connectivity index is 1.86. The summed E-state index contributed by atoms with van der Waals surface area (Å²) in [5, 5.41) is 9.86. The summed E-state index contributed by atoms with van der Waals surface area (Å²) in [7, 11) is 4.00. The Bertz CT molecular complexity index is 936. The molecule has 2 aromatic rings. The van der Waals surface area contributed by atoms with Gasteiger partial charge in [-0.15, -0.1) is 0 Å². The van der Waals surface area contributed by atoms with Gasteiger partial charge in [-0.05, 0) is 39.2 Å².